The van der Waals surface area contributed by atoms with Gasteiger partial charge in [-0.3, -0.25) is 9.59 Å². The Kier molecular flexibility index (Phi) is 5.11. The van der Waals surface area contributed by atoms with Gasteiger partial charge in [0.05, 0.1) is 11.4 Å². The molecule has 0 unspecified atom stereocenters. The van der Waals surface area contributed by atoms with Crippen LogP contribution in [0.4, 0.5) is 8.78 Å². The maximum atomic E-state index is 12.9. The van der Waals surface area contributed by atoms with E-state index in [-0.39, 0.29) is 0 Å². The largest absolute Gasteiger partial charge is 0.480 e. The third-order valence-corrected chi connectivity index (χ3v) is 3.39. The second-order valence-corrected chi connectivity index (χ2v) is 5.37. The van der Waals surface area contributed by atoms with Crippen LogP contribution in [0.1, 0.15) is 0 Å². The molecule has 0 bridgehead atoms. The zero-order chi connectivity index (χ0) is 15.3. The quantitative estimate of drug-likeness (QED) is 0.652. The number of hydrogen-bond acceptors (Lipinski definition) is 4. The number of carboxylic acid groups (broad SMARTS) is 1. The minimum absolute atomic E-state index is 0.499. The monoisotopic (exact) mass is 308 g/mol. The standard InChI is InChI=1S/C10H10F2N2O5S/c11-6-1-7(12)3-8(2-6)20(18,19)14-4-9(15)13-5-10(16)17/h1-3,14H,4-5H2,(H,13,15)(H,16,17). The molecule has 1 rings (SSSR count). The second-order valence-electron chi connectivity index (χ2n) is 3.60. The lowest BCUT2D eigenvalue weighted by Crippen LogP contribution is -2.39. The maximum Gasteiger partial charge on any atom is 0.322 e. The molecule has 1 amide bonds. The summed E-state index contributed by atoms with van der Waals surface area (Å²) in [6.45, 7) is -1.43. The van der Waals surface area contributed by atoms with Crippen LogP contribution in [0.5, 0.6) is 0 Å². The van der Waals surface area contributed by atoms with Crippen molar-refractivity contribution in [1.29, 1.82) is 0 Å². The number of nitrogens with one attached hydrogen (secondary N) is 2. The lowest BCUT2D eigenvalue weighted by molar-refractivity contribution is -0.137. The first kappa shape index (κ1) is 16.0. The van der Waals surface area contributed by atoms with Crippen LogP contribution in [-0.2, 0) is 19.6 Å². The zero-order valence-corrected chi connectivity index (χ0v) is 10.7. The highest BCUT2D eigenvalue weighted by molar-refractivity contribution is 7.89. The molecule has 0 heterocycles. The van der Waals surface area contributed by atoms with Crippen molar-refractivity contribution in [2.45, 2.75) is 4.90 Å². The summed E-state index contributed by atoms with van der Waals surface area (Å²) in [7, 11) is -4.28. The Labute approximate surface area is 112 Å². The SMILES string of the molecule is O=C(O)CNC(=O)CNS(=O)(=O)c1cc(F)cc(F)c1. The van der Waals surface area contributed by atoms with Crippen LogP contribution in [0.2, 0.25) is 0 Å². The number of carbonyl (C=O) groups is 2. The van der Waals surface area contributed by atoms with Gasteiger partial charge in [-0.1, -0.05) is 0 Å². The molecule has 1 aromatic carbocycles. The number of benzene rings is 1. The third kappa shape index (κ3) is 4.90. The summed E-state index contributed by atoms with van der Waals surface area (Å²) in [5.41, 5.74) is 0. The summed E-state index contributed by atoms with van der Waals surface area (Å²) < 4.78 is 50.8. The molecule has 1 aromatic rings. The molecule has 0 aliphatic rings. The average molecular weight is 308 g/mol. The van der Waals surface area contributed by atoms with E-state index in [0.717, 1.165) is 0 Å². The molecule has 7 nitrogen and oxygen atoms in total. The summed E-state index contributed by atoms with van der Waals surface area (Å²) in [6.07, 6.45) is 0. The summed E-state index contributed by atoms with van der Waals surface area (Å²) in [6, 6.07) is 1.67. The van der Waals surface area contributed by atoms with E-state index in [0.29, 0.717) is 18.2 Å². The topological polar surface area (TPSA) is 113 Å². The van der Waals surface area contributed by atoms with Crippen LogP contribution in [0.25, 0.3) is 0 Å². The Morgan fingerprint density at radius 2 is 1.65 bits per heavy atom. The van der Waals surface area contributed by atoms with E-state index in [9.17, 15) is 26.8 Å². The summed E-state index contributed by atoms with van der Waals surface area (Å²) in [5.74, 6) is -4.36. The second kappa shape index (κ2) is 6.39. The van der Waals surface area contributed by atoms with E-state index < -0.39 is 51.5 Å². The average Bonchev–Trinajstić information content (AvgIpc) is 2.32. The molecule has 0 saturated carbocycles. The molecular weight excluding hydrogens is 298 g/mol. The van der Waals surface area contributed by atoms with Gasteiger partial charge in [0.1, 0.15) is 18.2 Å². The molecule has 0 spiro atoms. The van der Waals surface area contributed by atoms with Gasteiger partial charge in [-0.25, -0.2) is 21.9 Å². The zero-order valence-electron chi connectivity index (χ0n) is 9.89. The van der Waals surface area contributed by atoms with E-state index >= 15 is 0 Å². The van der Waals surface area contributed by atoms with E-state index in [1.54, 1.807) is 4.72 Å². The molecular formula is C10H10F2N2O5S. The first-order valence-electron chi connectivity index (χ1n) is 5.15. The van der Waals surface area contributed by atoms with Crippen LogP contribution in [-0.4, -0.2) is 38.5 Å². The number of carbonyl (C=O) groups excluding carboxylic acids is 1. The van der Waals surface area contributed by atoms with E-state index in [4.69, 9.17) is 5.11 Å². The van der Waals surface area contributed by atoms with Crippen molar-refractivity contribution in [2.75, 3.05) is 13.1 Å². The Hall–Kier alpha value is -2.07. The third-order valence-electron chi connectivity index (χ3n) is 2.01. The fourth-order valence-corrected chi connectivity index (χ4v) is 2.19. The Bertz CT molecular complexity index is 612. The predicted molar refractivity (Wildman–Crippen MR) is 62.2 cm³/mol. The molecule has 0 fully saturated rings. The summed E-state index contributed by atoms with van der Waals surface area (Å²) in [4.78, 5) is 20.6. The van der Waals surface area contributed by atoms with Gasteiger partial charge in [-0.2, -0.15) is 0 Å². The number of aliphatic carboxylic acids is 1. The molecule has 20 heavy (non-hydrogen) atoms. The minimum atomic E-state index is -4.28. The fourth-order valence-electron chi connectivity index (χ4n) is 1.16. The minimum Gasteiger partial charge on any atom is -0.480 e. The molecule has 110 valence electrons. The van der Waals surface area contributed by atoms with E-state index in [1.807, 2.05) is 5.32 Å². The molecule has 0 atom stereocenters. The van der Waals surface area contributed by atoms with Crippen molar-refractivity contribution < 1.29 is 31.9 Å². The number of hydrogen-bond donors (Lipinski definition) is 3. The van der Waals surface area contributed by atoms with Crippen molar-refractivity contribution in [3.05, 3.63) is 29.8 Å². The number of sulfonamides is 1. The van der Waals surface area contributed by atoms with Crippen molar-refractivity contribution in [3.8, 4) is 0 Å². The van der Waals surface area contributed by atoms with Crippen LogP contribution in [0.3, 0.4) is 0 Å². The highest BCUT2D eigenvalue weighted by Crippen LogP contribution is 2.13. The van der Waals surface area contributed by atoms with Gasteiger partial charge >= 0.3 is 5.97 Å². The van der Waals surface area contributed by atoms with Gasteiger partial charge in [0.25, 0.3) is 0 Å². The number of amides is 1. The predicted octanol–water partition coefficient (Wildman–Crippen LogP) is -0.556. The van der Waals surface area contributed by atoms with Crippen LogP contribution >= 0.6 is 0 Å². The van der Waals surface area contributed by atoms with Crippen LogP contribution < -0.4 is 10.0 Å². The van der Waals surface area contributed by atoms with Crippen molar-refractivity contribution >= 4 is 21.9 Å². The summed E-state index contributed by atoms with van der Waals surface area (Å²) in [5, 5.41) is 10.2. The molecule has 0 saturated heterocycles. The smallest absolute Gasteiger partial charge is 0.322 e. The van der Waals surface area contributed by atoms with Gasteiger partial charge in [0.15, 0.2) is 0 Å². The van der Waals surface area contributed by atoms with Crippen molar-refractivity contribution in [1.82, 2.24) is 10.0 Å². The van der Waals surface area contributed by atoms with Gasteiger partial charge in [-0.05, 0) is 12.1 Å². The molecule has 0 aliphatic heterocycles. The lowest BCUT2D eigenvalue weighted by Gasteiger charge is -2.07. The van der Waals surface area contributed by atoms with Gasteiger partial charge < -0.3 is 10.4 Å². The fraction of sp³-hybridized carbons (Fsp3) is 0.200. The Balaban J connectivity index is 2.70. The lowest BCUT2D eigenvalue weighted by atomic mass is 10.3. The van der Waals surface area contributed by atoms with Gasteiger partial charge in [0, 0.05) is 6.07 Å². The summed E-state index contributed by atoms with van der Waals surface area (Å²) >= 11 is 0. The number of halogens is 2. The van der Waals surface area contributed by atoms with Crippen LogP contribution in [0.15, 0.2) is 23.1 Å². The first-order valence-corrected chi connectivity index (χ1v) is 6.63. The molecule has 10 heteroatoms. The Morgan fingerprint density at radius 3 is 2.15 bits per heavy atom. The highest BCUT2D eigenvalue weighted by atomic mass is 32.2. The molecule has 0 aliphatic carbocycles. The van der Waals surface area contributed by atoms with Gasteiger partial charge in [0.2, 0.25) is 15.9 Å². The van der Waals surface area contributed by atoms with E-state index in [1.165, 1.54) is 0 Å². The van der Waals surface area contributed by atoms with Crippen molar-refractivity contribution in [2.24, 2.45) is 0 Å². The molecule has 0 radical (unpaired) electrons. The molecule has 0 aromatic heterocycles. The first-order chi connectivity index (χ1) is 9.20. The maximum absolute atomic E-state index is 12.9. The van der Waals surface area contributed by atoms with Crippen molar-refractivity contribution in [3.63, 3.8) is 0 Å². The normalized spacial score (nSPS) is 11.1. The van der Waals surface area contributed by atoms with Gasteiger partial charge in [-0.15, -0.1) is 0 Å². The number of rotatable bonds is 6. The van der Waals surface area contributed by atoms with E-state index in [2.05, 4.69) is 0 Å². The van der Waals surface area contributed by atoms with Crippen LogP contribution in [0, 0.1) is 11.6 Å². The number of carboxylic acids is 1. The molecule has 3 N–H and O–H groups in total. The Morgan fingerprint density at radius 1 is 1.10 bits per heavy atom. The highest BCUT2D eigenvalue weighted by Gasteiger charge is 2.17.